The molecule has 0 spiro atoms. The highest BCUT2D eigenvalue weighted by Gasteiger charge is 2.45. The van der Waals surface area contributed by atoms with E-state index in [1.807, 2.05) is 37.3 Å². The third kappa shape index (κ3) is 2.91. The van der Waals surface area contributed by atoms with E-state index < -0.39 is 17.2 Å². The Labute approximate surface area is 152 Å². The van der Waals surface area contributed by atoms with Gasteiger partial charge in [-0.1, -0.05) is 30.3 Å². The summed E-state index contributed by atoms with van der Waals surface area (Å²) in [5, 5.41) is 11.0. The maximum atomic E-state index is 14.6. The van der Waals surface area contributed by atoms with E-state index in [1.54, 1.807) is 11.4 Å². The van der Waals surface area contributed by atoms with Crippen molar-refractivity contribution in [2.24, 2.45) is 0 Å². The Balaban J connectivity index is 2.16. The van der Waals surface area contributed by atoms with Crippen LogP contribution in [0.5, 0.6) is 0 Å². The molecule has 0 aliphatic carbocycles. The van der Waals surface area contributed by atoms with Gasteiger partial charge in [0.15, 0.2) is 0 Å². The van der Waals surface area contributed by atoms with Crippen molar-refractivity contribution in [2.75, 3.05) is 7.05 Å². The van der Waals surface area contributed by atoms with E-state index in [0.29, 0.717) is 5.56 Å². The maximum Gasteiger partial charge on any atom is 0.201 e. The van der Waals surface area contributed by atoms with Gasteiger partial charge in [0.1, 0.15) is 11.6 Å². The van der Waals surface area contributed by atoms with Gasteiger partial charge in [-0.05, 0) is 46.4 Å². The van der Waals surface area contributed by atoms with E-state index in [9.17, 15) is 8.78 Å². The largest absolute Gasteiger partial charge is 0.345 e. The number of nitrogens with one attached hydrogen (secondary N) is 2. The maximum absolute atomic E-state index is 14.6. The highest BCUT2D eigenvalue weighted by Crippen LogP contribution is 2.49. The summed E-state index contributed by atoms with van der Waals surface area (Å²) in [7, 11) is 1.78. The zero-order chi connectivity index (χ0) is 17.5. The van der Waals surface area contributed by atoms with E-state index >= 15 is 0 Å². The summed E-state index contributed by atoms with van der Waals surface area (Å²) in [6.45, 7) is 1.84. The van der Waals surface area contributed by atoms with Crippen molar-refractivity contribution in [3.05, 3.63) is 69.7 Å². The Morgan fingerprint density at radius 2 is 1.88 bits per heavy atom. The summed E-state index contributed by atoms with van der Waals surface area (Å²) in [6, 6.07) is 12.0. The third-order valence-electron chi connectivity index (χ3n) is 4.15. The number of guanidine groups is 1. The van der Waals surface area contributed by atoms with E-state index in [0.717, 1.165) is 11.6 Å². The van der Waals surface area contributed by atoms with Gasteiger partial charge in [0.05, 0.1) is 15.3 Å². The van der Waals surface area contributed by atoms with Gasteiger partial charge in [-0.15, -0.1) is 0 Å². The van der Waals surface area contributed by atoms with Crippen molar-refractivity contribution in [3.63, 3.8) is 0 Å². The molecule has 1 heterocycles. The van der Waals surface area contributed by atoms with Crippen molar-refractivity contribution < 1.29 is 8.78 Å². The lowest BCUT2D eigenvalue weighted by Gasteiger charge is -2.46. The third-order valence-corrected chi connectivity index (χ3v) is 6.21. The average molecular weight is 412 g/mol. The molecule has 0 aromatic heterocycles. The molecule has 3 nitrogen and oxygen atoms in total. The Kier molecular flexibility index (Phi) is 4.57. The van der Waals surface area contributed by atoms with Crippen LogP contribution < -0.4 is 5.32 Å². The van der Waals surface area contributed by atoms with Crippen LogP contribution in [0.3, 0.4) is 0 Å². The minimum Gasteiger partial charge on any atom is -0.345 e. The van der Waals surface area contributed by atoms with Gasteiger partial charge in [-0.2, -0.15) is 0 Å². The van der Waals surface area contributed by atoms with Crippen molar-refractivity contribution in [1.82, 2.24) is 9.62 Å². The molecule has 1 fully saturated rings. The second-order valence-electron chi connectivity index (χ2n) is 5.82. The van der Waals surface area contributed by atoms with E-state index in [1.165, 1.54) is 18.0 Å². The fraction of sp³-hybridized carbons (Fsp3) is 0.235. The summed E-state index contributed by atoms with van der Waals surface area (Å²) >= 11 is 4.57. The molecule has 1 saturated heterocycles. The van der Waals surface area contributed by atoms with Gasteiger partial charge in [0.25, 0.3) is 0 Å². The number of benzene rings is 2. The molecule has 1 aliphatic heterocycles. The topological polar surface area (TPSA) is 39.1 Å². The van der Waals surface area contributed by atoms with Crippen molar-refractivity contribution in [1.29, 1.82) is 5.41 Å². The van der Waals surface area contributed by atoms with Crippen LogP contribution in [0, 0.1) is 17.0 Å². The summed E-state index contributed by atoms with van der Waals surface area (Å²) in [5.41, 5.74) is 0.405. The molecular formula is C17H16BrF2N3S. The molecule has 0 saturated carbocycles. The summed E-state index contributed by atoms with van der Waals surface area (Å²) in [4.78, 5) is 0. The van der Waals surface area contributed by atoms with Crippen LogP contribution in [0.25, 0.3) is 0 Å². The molecule has 0 bridgehead atoms. The highest BCUT2D eigenvalue weighted by atomic mass is 79.9. The lowest BCUT2D eigenvalue weighted by molar-refractivity contribution is 0.371. The Morgan fingerprint density at radius 1 is 1.21 bits per heavy atom. The monoisotopic (exact) mass is 411 g/mol. The Morgan fingerprint density at radius 3 is 2.54 bits per heavy atom. The number of rotatable bonds is 2. The molecule has 0 radical (unpaired) electrons. The van der Waals surface area contributed by atoms with Crippen molar-refractivity contribution in [3.8, 4) is 0 Å². The van der Waals surface area contributed by atoms with Crippen LogP contribution in [-0.4, -0.2) is 17.3 Å². The zero-order valence-corrected chi connectivity index (χ0v) is 15.5. The minimum atomic E-state index is -0.907. The van der Waals surface area contributed by atoms with Gasteiger partial charge in [0.2, 0.25) is 5.96 Å². The van der Waals surface area contributed by atoms with Crippen LogP contribution in [0.1, 0.15) is 23.3 Å². The molecule has 7 heteroatoms. The molecule has 2 N–H and O–H groups in total. The molecule has 2 atom stereocenters. The molecular weight excluding hydrogens is 396 g/mol. The predicted molar refractivity (Wildman–Crippen MR) is 96.8 cm³/mol. The lowest BCUT2D eigenvalue weighted by atomic mass is 9.84. The quantitative estimate of drug-likeness (QED) is 0.550. The smallest absolute Gasteiger partial charge is 0.201 e. The van der Waals surface area contributed by atoms with Crippen LogP contribution in [0.15, 0.2) is 46.9 Å². The molecule has 3 rings (SSSR count). The normalized spacial score (nSPS) is 24.0. The Bertz CT molecular complexity index is 787. The van der Waals surface area contributed by atoms with Crippen LogP contribution in [0.2, 0.25) is 0 Å². The number of hydrogen-bond acceptors (Lipinski definition) is 2. The summed E-state index contributed by atoms with van der Waals surface area (Å²) < 4.78 is 30.1. The van der Waals surface area contributed by atoms with E-state index in [4.69, 9.17) is 5.41 Å². The van der Waals surface area contributed by atoms with Gasteiger partial charge in [-0.3, -0.25) is 9.71 Å². The second-order valence-corrected chi connectivity index (χ2v) is 7.90. The van der Waals surface area contributed by atoms with Crippen LogP contribution in [0.4, 0.5) is 8.78 Å². The minimum absolute atomic E-state index is 0.175. The van der Waals surface area contributed by atoms with Crippen LogP contribution in [-0.2, 0) is 5.54 Å². The first-order valence-corrected chi connectivity index (χ1v) is 8.93. The SMILES string of the molecule is CN1S[C@H](c2ccccc2)[C@@](C)(c2cc(Br)c(F)cc2F)NC1=N. The fourth-order valence-corrected chi connectivity index (χ4v) is 4.34. The zero-order valence-electron chi connectivity index (χ0n) is 13.1. The van der Waals surface area contributed by atoms with Gasteiger partial charge in [0, 0.05) is 18.7 Å². The molecule has 0 amide bonds. The van der Waals surface area contributed by atoms with Crippen LogP contribution >= 0.6 is 27.9 Å². The summed E-state index contributed by atoms with van der Waals surface area (Å²) in [5.74, 6) is -1.11. The van der Waals surface area contributed by atoms with Gasteiger partial charge >= 0.3 is 0 Å². The van der Waals surface area contributed by atoms with Gasteiger partial charge in [-0.25, -0.2) is 8.78 Å². The standard InChI is InChI=1S/C17H16BrF2N3S/c1-17(11-8-12(18)14(20)9-13(11)19)15(10-6-4-3-5-7-10)24-23(2)16(21)22-17/h3-9,15H,1-2H3,(H2,21,22)/t15-,17-/m1/s1. The first-order valence-electron chi connectivity index (χ1n) is 7.30. The number of hydrogen-bond donors (Lipinski definition) is 2. The van der Waals surface area contributed by atoms with Crippen molar-refractivity contribution in [2.45, 2.75) is 17.7 Å². The second kappa shape index (κ2) is 6.37. The number of nitrogens with zero attached hydrogens (tertiary/aromatic N) is 1. The molecule has 2 aromatic carbocycles. The average Bonchev–Trinajstić information content (AvgIpc) is 2.55. The predicted octanol–water partition coefficient (Wildman–Crippen LogP) is 4.80. The summed E-state index contributed by atoms with van der Waals surface area (Å²) in [6.07, 6.45) is 0. The van der Waals surface area contributed by atoms with Gasteiger partial charge < -0.3 is 5.32 Å². The van der Waals surface area contributed by atoms with E-state index in [-0.39, 0.29) is 15.7 Å². The molecule has 126 valence electrons. The molecule has 2 aromatic rings. The van der Waals surface area contributed by atoms with E-state index in [2.05, 4.69) is 21.2 Å². The molecule has 24 heavy (non-hydrogen) atoms. The fourth-order valence-electron chi connectivity index (χ4n) is 2.86. The molecule has 0 unspecified atom stereocenters. The first-order chi connectivity index (χ1) is 11.3. The molecule has 1 aliphatic rings. The van der Waals surface area contributed by atoms with Crippen molar-refractivity contribution >= 4 is 33.8 Å². The lowest BCUT2D eigenvalue weighted by Crippen LogP contribution is -2.55. The Hall–Kier alpha value is -1.60. The highest BCUT2D eigenvalue weighted by molar-refractivity contribution is 9.10. The number of halogens is 3. The first kappa shape index (κ1) is 17.2.